The molecular weight excluding hydrogens is 411 g/mol. The van der Waals surface area contributed by atoms with E-state index < -0.39 is 29.1 Å². The molecule has 2 aromatic heterocycles. The molecule has 2 heterocycles. The summed E-state index contributed by atoms with van der Waals surface area (Å²) in [5.41, 5.74) is -0.205. The second kappa shape index (κ2) is 8.02. The van der Waals surface area contributed by atoms with Crippen molar-refractivity contribution in [3.63, 3.8) is 0 Å². The van der Waals surface area contributed by atoms with E-state index in [0.29, 0.717) is 11.2 Å². The number of alkyl carbamates (subject to hydrolysis) is 1. The van der Waals surface area contributed by atoms with E-state index in [4.69, 9.17) is 16.3 Å². The molecule has 0 aliphatic carbocycles. The number of amides is 1. The number of pyridine rings is 1. The van der Waals surface area contributed by atoms with E-state index in [1.54, 1.807) is 52.8 Å². The molecule has 1 unspecified atom stereocenters. The number of benzene rings is 1. The first-order valence-corrected chi connectivity index (χ1v) is 9.69. The third kappa shape index (κ3) is 4.43. The molecular formula is C21H22ClFN4O3. The Hall–Kier alpha value is -3.00. The summed E-state index contributed by atoms with van der Waals surface area (Å²) in [6.07, 6.45) is 0.393. The third-order valence-electron chi connectivity index (χ3n) is 4.26. The highest BCUT2D eigenvalue weighted by molar-refractivity contribution is 6.35. The Bertz CT molecular complexity index is 1190. The maximum absolute atomic E-state index is 14.0. The Morgan fingerprint density at radius 2 is 2.03 bits per heavy atom. The van der Waals surface area contributed by atoms with Gasteiger partial charge >= 0.3 is 6.09 Å². The average Bonchev–Trinajstić information content (AvgIpc) is 2.62. The number of rotatable bonds is 3. The lowest BCUT2D eigenvalue weighted by atomic mass is 10.2. The molecule has 0 fully saturated rings. The van der Waals surface area contributed by atoms with Crippen molar-refractivity contribution in [1.82, 2.24) is 19.9 Å². The molecule has 1 aromatic carbocycles. The molecule has 0 bridgehead atoms. The zero-order chi connectivity index (χ0) is 22.2. The monoisotopic (exact) mass is 432 g/mol. The average molecular weight is 433 g/mol. The van der Waals surface area contributed by atoms with Gasteiger partial charge in [-0.05, 0) is 46.8 Å². The fourth-order valence-corrected chi connectivity index (χ4v) is 3.25. The van der Waals surface area contributed by atoms with Crippen molar-refractivity contribution in [1.29, 1.82) is 0 Å². The standard InChI is InChI=1S/C21H22ClFN4O3/c1-11-16(9-13(23)10-24-11)27-18(12(2)25-20(29)30-21(3,4)5)26-15-8-6-7-14(22)17(15)19(27)28/h6-10,12H,1-5H3,(H,25,29). The number of aromatic nitrogens is 3. The van der Waals surface area contributed by atoms with Gasteiger partial charge in [0.2, 0.25) is 0 Å². The summed E-state index contributed by atoms with van der Waals surface area (Å²) < 4.78 is 20.5. The van der Waals surface area contributed by atoms with Gasteiger partial charge in [0.25, 0.3) is 5.56 Å². The Kier molecular flexibility index (Phi) is 5.81. The molecule has 0 aliphatic rings. The van der Waals surface area contributed by atoms with Crippen molar-refractivity contribution < 1.29 is 13.9 Å². The van der Waals surface area contributed by atoms with Crippen molar-refractivity contribution in [3.8, 4) is 5.69 Å². The first-order chi connectivity index (χ1) is 14.0. The van der Waals surface area contributed by atoms with Crippen LogP contribution in [0.25, 0.3) is 16.6 Å². The van der Waals surface area contributed by atoms with Gasteiger partial charge in [0.15, 0.2) is 0 Å². The number of carbonyl (C=O) groups excluding carboxylic acids is 1. The van der Waals surface area contributed by atoms with Crippen LogP contribution in [0.5, 0.6) is 0 Å². The van der Waals surface area contributed by atoms with Crippen LogP contribution in [0.2, 0.25) is 5.02 Å². The summed E-state index contributed by atoms with van der Waals surface area (Å²) in [5, 5.41) is 3.09. The maximum atomic E-state index is 14.0. The van der Waals surface area contributed by atoms with Gasteiger partial charge < -0.3 is 10.1 Å². The van der Waals surface area contributed by atoms with Gasteiger partial charge in [-0.15, -0.1) is 0 Å². The fourth-order valence-electron chi connectivity index (χ4n) is 3.00. The molecule has 158 valence electrons. The zero-order valence-corrected chi connectivity index (χ0v) is 18.0. The summed E-state index contributed by atoms with van der Waals surface area (Å²) >= 11 is 6.25. The van der Waals surface area contributed by atoms with Gasteiger partial charge in [-0.25, -0.2) is 14.2 Å². The first kappa shape index (κ1) is 21.7. The van der Waals surface area contributed by atoms with Crippen LogP contribution < -0.4 is 10.9 Å². The van der Waals surface area contributed by atoms with Gasteiger partial charge in [-0.1, -0.05) is 17.7 Å². The summed E-state index contributed by atoms with van der Waals surface area (Å²) in [5.74, 6) is -0.420. The van der Waals surface area contributed by atoms with E-state index in [9.17, 15) is 14.0 Å². The number of hydrogen-bond acceptors (Lipinski definition) is 5. The number of halogens is 2. The van der Waals surface area contributed by atoms with Gasteiger partial charge in [0.05, 0.1) is 39.5 Å². The molecule has 0 radical (unpaired) electrons. The number of fused-ring (bicyclic) bond motifs is 1. The highest BCUT2D eigenvalue weighted by atomic mass is 35.5. The molecule has 7 nitrogen and oxygen atoms in total. The van der Waals surface area contributed by atoms with Crippen molar-refractivity contribution in [2.24, 2.45) is 0 Å². The fraction of sp³-hybridized carbons (Fsp3) is 0.333. The van der Waals surface area contributed by atoms with E-state index in [1.807, 2.05) is 0 Å². The van der Waals surface area contributed by atoms with Gasteiger partial charge in [0, 0.05) is 6.07 Å². The highest BCUT2D eigenvalue weighted by Crippen LogP contribution is 2.24. The molecule has 9 heteroatoms. The van der Waals surface area contributed by atoms with E-state index in [1.165, 1.54) is 10.6 Å². The van der Waals surface area contributed by atoms with Crippen LogP contribution in [-0.4, -0.2) is 26.2 Å². The molecule has 0 saturated heterocycles. The van der Waals surface area contributed by atoms with Crippen LogP contribution in [0, 0.1) is 12.7 Å². The predicted octanol–water partition coefficient (Wildman–Crippen LogP) is 4.47. The predicted molar refractivity (Wildman–Crippen MR) is 113 cm³/mol. The normalized spacial score (nSPS) is 12.6. The summed E-state index contributed by atoms with van der Waals surface area (Å²) in [6.45, 7) is 8.52. The molecule has 3 rings (SSSR count). The van der Waals surface area contributed by atoms with Crippen molar-refractivity contribution in [2.45, 2.75) is 46.3 Å². The Morgan fingerprint density at radius 1 is 1.33 bits per heavy atom. The second-order valence-electron chi connectivity index (χ2n) is 7.87. The van der Waals surface area contributed by atoms with Crippen LogP contribution >= 0.6 is 11.6 Å². The highest BCUT2D eigenvalue weighted by Gasteiger charge is 2.24. The van der Waals surface area contributed by atoms with Crippen LogP contribution in [0.1, 0.15) is 45.3 Å². The number of hydrogen-bond donors (Lipinski definition) is 1. The lowest BCUT2D eigenvalue weighted by Gasteiger charge is -2.23. The van der Waals surface area contributed by atoms with Crippen LogP contribution in [0.4, 0.5) is 9.18 Å². The summed E-state index contributed by atoms with van der Waals surface area (Å²) in [7, 11) is 0. The van der Waals surface area contributed by atoms with Crippen molar-refractivity contribution in [3.05, 3.63) is 63.2 Å². The maximum Gasteiger partial charge on any atom is 0.408 e. The van der Waals surface area contributed by atoms with E-state index in [0.717, 1.165) is 6.20 Å². The van der Waals surface area contributed by atoms with Crippen LogP contribution in [0.15, 0.2) is 35.3 Å². The largest absolute Gasteiger partial charge is 0.444 e. The molecule has 0 saturated carbocycles. The van der Waals surface area contributed by atoms with E-state index in [-0.39, 0.29) is 21.9 Å². The van der Waals surface area contributed by atoms with E-state index in [2.05, 4.69) is 15.3 Å². The Morgan fingerprint density at radius 3 is 2.70 bits per heavy atom. The minimum absolute atomic E-state index is 0.191. The Balaban J connectivity index is 2.23. The zero-order valence-electron chi connectivity index (χ0n) is 17.3. The number of nitrogens with one attached hydrogen (secondary N) is 1. The minimum Gasteiger partial charge on any atom is -0.444 e. The molecule has 0 aliphatic heterocycles. The lowest BCUT2D eigenvalue weighted by Crippen LogP contribution is -2.37. The summed E-state index contributed by atoms with van der Waals surface area (Å²) in [4.78, 5) is 34.2. The molecule has 1 atom stereocenters. The Labute approximate surface area is 177 Å². The quantitative estimate of drug-likeness (QED) is 0.660. The molecule has 30 heavy (non-hydrogen) atoms. The number of aryl methyl sites for hydroxylation is 1. The van der Waals surface area contributed by atoms with Crippen molar-refractivity contribution in [2.75, 3.05) is 0 Å². The number of nitrogens with zero attached hydrogens (tertiary/aromatic N) is 3. The van der Waals surface area contributed by atoms with Gasteiger partial charge in [-0.3, -0.25) is 14.3 Å². The van der Waals surface area contributed by atoms with Crippen molar-refractivity contribution >= 4 is 28.6 Å². The summed E-state index contributed by atoms with van der Waals surface area (Å²) in [6, 6.07) is 5.35. The van der Waals surface area contributed by atoms with Gasteiger partial charge in [0.1, 0.15) is 17.2 Å². The molecule has 3 aromatic rings. The van der Waals surface area contributed by atoms with E-state index >= 15 is 0 Å². The van der Waals surface area contributed by atoms with Crippen LogP contribution in [-0.2, 0) is 4.74 Å². The number of carbonyl (C=O) groups is 1. The lowest BCUT2D eigenvalue weighted by molar-refractivity contribution is 0.0505. The smallest absolute Gasteiger partial charge is 0.408 e. The third-order valence-corrected chi connectivity index (χ3v) is 4.58. The minimum atomic E-state index is -0.737. The number of ether oxygens (including phenoxy) is 1. The second-order valence-corrected chi connectivity index (χ2v) is 8.28. The van der Waals surface area contributed by atoms with Crippen LogP contribution in [0.3, 0.4) is 0 Å². The first-order valence-electron chi connectivity index (χ1n) is 9.31. The topological polar surface area (TPSA) is 86.1 Å². The SMILES string of the molecule is Cc1ncc(F)cc1-n1c(C(C)NC(=O)OC(C)(C)C)nc2cccc(Cl)c2c1=O. The molecule has 1 N–H and O–H groups in total. The molecule has 1 amide bonds. The van der Waals surface area contributed by atoms with Gasteiger partial charge in [-0.2, -0.15) is 0 Å². The molecule has 0 spiro atoms.